The summed E-state index contributed by atoms with van der Waals surface area (Å²) < 4.78 is 0. The van der Waals surface area contributed by atoms with Gasteiger partial charge in [0.15, 0.2) is 5.82 Å². The number of nitrogens with zero attached hydrogens (tertiary/aromatic N) is 2. The molecule has 0 aromatic carbocycles. The molecule has 1 aromatic heterocycles. The molecule has 1 aromatic rings. The fourth-order valence-corrected chi connectivity index (χ4v) is 2.78. The first-order valence-electron chi connectivity index (χ1n) is 5.87. The summed E-state index contributed by atoms with van der Waals surface area (Å²) >= 11 is 3.36. The highest BCUT2D eigenvalue weighted by Gasteiger charge is 2.02. The van der Waals surface area contributed by atoms with E-state index in [2.05, 4.69) is 21.5 Å². The Balaban J connectivity index is 2.23. The second kappa shape index (κ2) is 9.23. The van der Waals surface area contributed by atoms with Gasteiger partial charge in [0.25, 0.3) is 6.20 Å². The predicted molar refractivity (Wildman–Crippen MR) is 82.9 cm³/mol. The molecule has 0 aliphatic heterocycles. The molecule has 0 fully saturated rings. The number of aromatic nitrogens is 1. The number of terminal acetylenes is 1. The third-order valence-corrected chi connectivity index (χ3v) is 3.91. The van der Waals surface area contributed by atoms with E-state index in [1.165, 1.54) is 0 Å². The molecule has 1 rings (SSSR count). The SMILES string of the molecule is C#CCN/C(=C/[N+](=O)[O-])NCCSCc1csc(C)n1. The van der Waals surface area contributed by atoms with Crippen LogP contribution in [0.3, 0.4) is 0 Å². The van der Waals surface area contributed by atoms with Gasteiger partial charge in [-0.1, -0.05) is 5.92 Å². The van der Waals surface area contributed by atoms with E-state index < -0.39 is 4.92 Å². The van der Waals surface area contributed by atoms with Crippen LogP contribution in [0.15, 0.2) is 17.4 Å². The van der Waals surface area contributed by atoms with E-state index in [1.54, 1.807) is 23.1 Å². The zero-order valence-electron chi connectivity index (χ0n) is 11.1. The monoisotopic (exact) mass is 312 g/mol. The van der Waals surface area contributed by atoms with Crippen molar-refractivity contribution in [1.82, 2.24) is 15.6 Å². The number of thiazole rings is 1. The van der Waals surface area contributed by atoms with E-state index in [0.717, 1.165) is 28.4 Å². The molecule has 2 N–H and O–H groups in total. The zero-order valence-corrected chi connectivity index (χ0v) is 12.7. The van der Waals surface area contributed by atoms with E-state index in [4.69, 9.17) is 6.42 Å². The lowest BCUT2D eigenvalue weighted by Crippen LogP contribution is -2.29. The van der Waals surface area contributed by atoms with Crippen LogP contribution < -0.4 is 10.6 Å². The van der Waals surface area contributed by atoms with Crippen molar-refractivity contribution in [2.24, 2.45) is 0 Å². The smallest absolute Gasteiger partial charge is 0.274 e. The molecule has 6 nitrogen and oxygen atoms in total. The van der Waals surface area contributed by atoms with Crippen molar-refractivity contribution >= 4 is 23.1 Å². The Morgan fingerprint density at radius 1 is 1.70 bits per heavy atom. The van der Waals surface area contributed by atoms with Crippen molar-refractivity contribution in [1.29, 1.82) is 0 Å². The van der Waals surface area contributed by atoms with E-state index in [0.29, 0.717) is 12.4 Å². The number of nitrogens with one attached hydrogen (secondary N) is 2. The Labute approximate surface area is 126 Å². The largest absolute Gasteiger partial charge is 0.366 e. The minimum atomic E-state index is -0.517. The highest BCUT2D eigenvalue weighted by Crippen LogP contribution is 2.14. The lowest BCUT2D eigenvalue weighted by molar-refractivity contribution is -0.404. The second-order valence-corrected chi connectivity index (χ2v) is 5.89. The van der Waals surface area contributed by atoms with Crippen LogP contribution in [-0.4, -0.2) is 28.7 Å². The lowest BCUT2D eigenvalue weighted by atomic mass is 10.6. The van der Waals surface area contributed by atoms with Gasteiger partial charge in [0.1, 0.15) is 0 Å². The molecule has 0 unspecified atom stereocenters. The standard InChI is InChI=1S/C12H16N4O2S2/c1-3-4-13-12(7-16(17)18)14-5-6-19-8-11-9-20-10(2)15-11/h1,7,9,13-14H,4-6,8H2,2H3/b12-7-. The highest BCUT2D eigenvalue weighted by atomic mass is 32.2. The van der Waals surface area contributed by atoms with Gasteiger partial charge in [-0.05, 0) is 6.92 Å². The van der Waals surface area contributed by atoms with Crippen LogP contribution in [0, 0.1) is 29.4 Å². The summed E-state index contributed by atoms with van der Waals surface area (Å²) in [5.41, 5.74) is 1.07. The molecular weight excluding hydrogens is 296 g/mol. The van der Waals surface area contributed by atoms with Gasteiger partial charge < -0.3 is 10.6 Å². The molecule has 0 bridgehead atoms. The fourth-order valence-electron chi connectivity index (χ4n) is 1.31. The molecule has 20 heavy (non-hydrogen) atoms. The van der Waals surface area contributed by atoms with Gasteiger partial charge in [-0.25, -0.2) is 4.98 Å². The first-order valence-corrected chi connectivity index (χ1v) is 7.90. The summed E-state index contributed by atoms with van der Waals surface area (Å²) in [5.74, 6) is 4.37. The second-order valence-electron chi connectivity index (χ2n) is 3.72. The maximum absolute atomic E-state index is 10.4. The first kappa shape index (κ1) is 16.3. The fraction of sp³-hybridized carbons (Fsp3) is 0.417. The van der Waals surface area contributed by atoms with Crippen LogP contribution in [0.2, 0.25) is 0 Å². The van der Waals surface area contributed by atoms with Crippen molar-refractivity contribution in [3.05, 3.63) is 38.2 Å². The molecule has 0 saturated carbocycles. The van der Waals surface area contributed by atoms with Gasteiger partial charge in [-0.2, -0.15) is 11.8 Å². The van der Waals surface area contributed by atoms with Crippen molar-refractivity contribution in [3.63, 3.8) is 0 Å². The number of aryl methyl sites for hydroxylation is 1. The Bertz CT molecular complexity index is 508. The van der Waals surface area contributed by atoms with E-state index in [1.807, 2.05) is 12.3 Å². The van der Waals surface area contributed by atoms with Gasteiger partial charge in [0.2, 0.25) is 0 Å². The Hall–Kier alpha value is -1.72. The molecule has 0 amide bonds. The Morgan fingerprint density at radius 3 is 3.10 bits per heavy atom. The van der Waals surface area contributed by atoms with Crippen LogP contribution >= 0.6 is 23.1 Å². The maximum Gasteiger partial charge on any atom is 0.274 e. The molecule has 1 heterocycles. The van der Waals surface area contributed by atoms with Gasteiger partial charge in [-0.3, -0.25) is 10.1 Å². The quantitative estimate of drug-likeness (QED) is 0.312. The van der Waals surface area contributed by atoms with Gasteiger partial charge in [0.05, 0.1) is 22.2 Å². The number of nitro groups is 1. The van der Waals surface area contributed by atoms with E-state index in [9.17, 15) is 10.1 Å². The lowest BCUT2D eigenvalue weighted by Gasteiger charge is -2.08. The molecule has 0 saturated heterocycles. The van der Waals surface area contributed by atoms with Crippen LogP contribution in [0.4, 0.5) is 0 Å². The highest BCUT2D eigenvalue weighted by molar-refractivity contribution is 7.98. The molecule has 8 heteroatoms. The molecule has 0 atom stereocenters. The average molecular weight is 312 g/mol. The third-order valence-electron chi connectivity index (χ3n) is 2.09. The molecule has 0 aliphatic rings. The summed E-state index contributed by atoms with van der Waals surface area (Å²) in [4.78, 5) is 14.3. The van der Waals surface area contributed by atoms with Crippen molar-refractivity contribution in [2.45, 2.75) is 12.7 Å². The van der Waals surface area contributed by atoms with Crippen LogP contribution in [0.25, 0.3) is 0 Å². The molecule has 0 radical (unpaired) electrons. The summed E-state index contributed by atoms with van der Waals surface area (Å²) in [5, 5.41) is 19.3. The Kier molecular flexibility index (Phi) is 7.54. The molecule has 0 aliphatic carbocycles. The van der Waals surface area contributed by atoms with Gasteiger partial charge in [-0.15, -0.1) is 17.8 Å². The Morgan fingerprint density at radius 2 is 2.50 bits per heavy atom. The minimum absolute atomic E-state index is 0.248. The van der Waals surface area contributed by atoms with E-state index in [-0.39, 0.29) is 6.54 Å². The summed E-state index contributed by atoms with van der Waals surface area (Å²) in [7, 11) is 0. The topological polar surface area (TPSA) is 80.1 Å². The maximum atomic E-state index is 10.4. The molecule has 108 valence electrons. The van der Waals surface area contributed by atoms with Crippen molar-refractivity contribution in [3.8, 4) is 12.3 Å². The van der Waals surface area contributed by atoms with Crippen molar-refractivity contribution < 1.29 is 4.92 Å². The normalized spacial score (nSPS) is 10.9. The van der Waals surface area contributed by atoms with Crippen LogP contribution in [-0.2, 0) is 5.75 Å². The summed E-state index contributed by atoms with van der Waals surface area (Å²) in [6.45, 7) is 2.84. The number of hydrogen-bond acceptors (Lipinski definition) is 7. The number of hydrogen-bond donors (Lipinski definition) is 2. The van der Waals surface area contributed by atoms with Crippen LogP contribution in [0.5, 0.6) is 0 Å². The first-order chi connectivity index (χ1) is 9.61. The predicted octanol–water partition coefficient (Wildman–Crippen LogP) is 1.57. The molecular formula is C12H16N4O2S2. The van der Waals surface area contributed by atoms with Crippen LogP contribution in [0.1, 0.15) is 10.7 Å². The summed E-state index contributed by atoms with van der Waals surface area (Å²) in [6.07, 6.45) is 5.98. The number of rotatable bonds is 9. The average Bonchev–Trinajstić information content (AvgIpc) is 2.80. The van der Waals surface area contributed by atoms with Gasteiger partial charge >= 0.3 is 0 Å². The zero-order chi connectivity index (χ0) is 14.8. The number of thioether (sulfide) groups is 1. The third kappa shape index (κ3) is 7.01. The van der Waals surface area contributed by atoms with E-state index >= 15 is 0 Å². The van der Waals surface area contributed by atoms with Crippen molar-refractivity contribution in [2.75, 3.05) is 18.8 Å². The van der Waals surface area contributed by atoms with Gasteiger partial charge in [0, 0.05) is 23.4 Å². The minimum Gasteiger partial charge on any atom is -0.366 e. The summed E-state index contributed by atoms with van der Waals surface area (Å²) in [6, 6.07) is 0. The molecule has 0 spiro atoms.